The summed E-state index contributed by atoms with van der Waals surface area (Å²) in [5.74, 6) is -1.72. The number of hydrogen-bond acceptors (Lipinski definition) is 4. The van der Waals surface area contributed by atoms with Crippen molar-refractivity contribution < 1.29 is 19.1 Å². The van der Waals surface area contributed by atoms with Gasteiger partial charge in [-0.2, -0.15) is 0 Å². The summed E-state index contributed by atoms with van der Waals surface area (Å²) in [7, 11) is 0. The third-order valence-electron chi connectivity index (χ3n) is 4.26. The van der Waals surface area contributed by atoms with Crippen LogP contribution in [0.3, 0.4) is 0 Å². The standard InChI is InChI=1S/C20H18BrFN4O3/c21-15-5-1-13(2-6-15)9-18(10-19(27)28)26-12-17(24-25-26)11-23-20(29)14-3-7-16(22)8-4-14/h1-8,12,18H,9-11H2,(H,23,29)(H,27,28). The zero-order chi connectivity index (χ0) is 20.8. The number of rotatable bonds is 8. The van der Waals surface area contributed by atoms with Gasteiger partial charge < -0.3 is 10.4 Å². The monoisotopic (exact) mass is 460 g/mol. The van der Waals surface area contributed by atoms with E-state index in [0.717, 1.165) is 10.0 Å². The Kier molecular flexibility index (Phi) is 6.71. The molecule has 1 heterocycles. The summed E-state index contributed by atoms with van der Waals surface area (Å²) in [4.78, 5) is 23.4. The second-order valence-electron chi connectivity index (χ2n) is 6.46. The Morgan fingerprint density at radius 1 is 1.14 bits per heavy atom. The molecule has 1 aromatic heterocycles. The van der Waals surface area contributed by atoms with Crippen molar-refractivity contribution >= 4 is 27.8 Å². The van der Waals surface area contributed by atoms with Crippen molar-refractivity contribution in [1.82, 2.24) is 20.3 Å². The lowest BCUT2D eigenvalue weighted by molar-refractivity contribution is -0.138. The average molecular weight is 461 g/mol. The number of aromatic nitrogens is 3. The van der Waals surface area contributed by atoms with Crippen LogP contribution in [0.4, 0.5) is 4.39 Å². The van der Waals surface area contributed by atoms with Gasteiger partial charge in [0, 0.05) is 10.0 Å². The Bertz CT molecular complexity index is 990. The number of carbonyl (C=O) groups is 2. The molecule has 3 aromatic rings. The number of nitrogens with one attached hydrogen (secondary N) is 1. The molecule has 0 saturated carbocycles. The molecule has 2 N–H and O–H groups in total. The van der Waals surface area contributed by atoms with Crippen molar-refractivity contribution in [2.75, 3.05) is 0 Å². The summed E-state index contributed by atoms with van der Waals surface area (Å²) in [5, 5.41) is 20.0. The minimum atomic E-state index is -0.936. The minimum Gasteiger partial charge on any atom is -0.481 e. The van der Waals surface area contributed by atoms with Crippen LogP contribution in [0.1, 0.15) is 34.1 Å². The lowest BCUT2D eigenvalue weighted by Gasteiger charge is -2.15. The van der Waals surface area contributed by atoms with Crippen LogP contribution in [0.25, 0.3) is 0 Å². The Hall–Kier alpha value is -3.07. The second-order valence-corrected chi connectivity index (χ2v) is 7.38. The summed E-state index contributed by atoms with van der Waals surface area (Å²) >= 11 is 3.37. The van der Waals surface area contributed by atoms with Gasteiger partial charge in [0.15, 0.2) is 0 Å². The summed E-state index contributed by atoms with van der Waals surface area (Å²) < 4.78 is 15.4. The van der Waals surface area contributed by atoms with E-state index in [0.29, 0.717) is 17.7 Å². The summed E-state index contributed by atoms with van der Waals surface area (Å²) in [6, 6.07) is 12.4. The molecular weight excluding hydrogens is 443 g/mol. The quantitative estimate of drug-likeness (QED) is 0.536. The molecule has 29 heavy (non-hydrogen) atoms. The molecule has 3 rings (SSSR count). The van der Waals surface area contributed by atoms with Gasteiger partial charge >= 0.3 is 5.97 Å². The molecule has 1 unspecified atom stereocenters. The lowest BCUT2D eigenvalue weighted by Crippen LogP contribution is -2.23. The van der Waals surface area contributed by atoms with Crippen LogP contribution < -0.4 is 5.32 Å². The lowest BCUT2D eigenvalue weighted by atomic mass is 10.0. The zero-order valence-electron chi connectivity index (χ0n) is 15.3. The van der Waals surface area contributed by atoms with Crippen LogP contribution in [-0.2, 0) is 17.8 Å². The van der Waals surface area contributed by atoms with Gasteiger partial charge in [-0.1, -0.05) is 33.3 Å². The SMILES string of the molecule is O=C(O)CC(Cc1ccc(Br)cc1)n1cc(CNC(=O)c2ccc(F)cc2)nn1. The van der Waals surface area contributed by atoms with Gasteiger partial charge in [0.1, 0.15) is 11.5 Å². The van der Waals surface area contributed by atoms with E-state index in [-0.39, 0.29) is 18.9 Å². The van der Waals surface area contributed by atoms with Gasteiger partial charge in [0.05, 0.1) is 25.2 Å². The average Bonchev–Trinajstić information content (AvgIpc) is 3.16. The minimum absolute atomic E-state index is 0.110. The van der Waals surface area contributed by atoms with Gasteiger partial charge in [-0.15, -0.1) is 5.10 Å². The number of carboxylic acid groups (broad SMARTS) is 1. The van der Waals surface area contributed by atoms with Crippen LogP contribution in [0.2, 0.25) is 0 Å². The summed E-state index contributed by atoms with van der Waals surface area (Å²) in [5.41, 5.74) is 1.80. The van der Waals surface area contributed by atoms with Crippen molar-refractivity contribution in [3.05, 3.63) is 81.8 Å². The number of nitrogens with zero attached hydrogens (tertiary/aromatic N) is 3. The van der Waals surface area contributed by atoms with Crippen LogP contribution in [0, 0.1) is 5.82 Å². The van der Waals surface area contributed by atoms with Gasteiger partial charge in [-0.25, -0.2) is 9.07 Å². The van der Waals surface area contributed by atoms with Crippen LogP contribution in [0.15, 0.2) is 59.2 Å². The van der Waals surface area contributed by atoms with E-state index in [9.17, 15) is 19.1 Å². The topological polar surface area (TPSA) is 97.1 Å². The van der Waals surface area contributed by atoms with Crippen molar-refractivity contribution in [1.29, 1.82) is 0 Å². The highest BCUT2D eigenvalue weighted by Gasteiger charge is 2.18. The van der Waals surface area contributed by atoms with E-state index >= 15 is 0 Å². The maximum atomic E-state index is 12.9. The predicted octanol–water partition coefficient (Wildman–Crippen LogP) is 3.37. The Morgan fingerprint density at radius 2 is 1.83 bits per heavy atom. The molecule has 0 bridgehead atoms. The highest BCUT2D eigenvalue weighted by molar-refractivity contribution is 9.10. The Labute approximate surface area is 174 Å². The number of benzene rings is 2. The predicted molar refractivity (Wildman–Crippen MR) is 107 cm³/mol. The molecule has 9 heteroatoms. The molecule has 0 fully saturated rings. The maximum absolute atomic E-state index is 12.9. The van der Waals surface area contributed by atoms with Gasteiger partial charge in [0.25, 0.3) is 5.91 Å². The highest BCUT2D eigenvalue weighted by Crippen LogP contribution is 2.19. The molecule has 0 aliphatic rings. The number of carboxylic acids is 1. The number of halogens is 2. The summed E-state index contributed by atoms with van der Waals surface area (Å²) in [6.07, 6.45) is 1.99. The fraction of sp³-hybridized carbons (Fsp3) is 0.200. The van der Waals surface area contributed by atoms with Crippen LogP contribution in [0.5, 0.6) is 0 Å². The summed E-state index contributed by atoms with van der Waals surface area (Å²) in [6.45, 7) is 0.119. The third kappa shape index (κ3) is 5.95. The van der Waals surface area contributed by atoms with E-state index < -0.39 is 17.8 Å². The van der Waals surface area contributed by atoms with E-state index in [1.165, 1.54) is 28.9 Å². The molecule has 0 radical (unpaired) electrons. The molecule has 1 atom stereocenters. The number of amides is 1. The van der Waals surface area contributed by atoms with Crippen molar-refractivity contribution in [3.8, 4) is 0 Å². The van der Waals surface area contributed by atoms with Crippen LogP contribution in [-0.4, -0.2) is 32.0 Å². The molecular formula is C20H18BrFN4O3. The molecule has 2 aromatic carbocycles. The molecule has 0 saturated heterocycles. The first kappa shape index (κ1) is 20.7. The van der Waals surface area contributed by atoms with Gasteiger partial charge in [-0.3, -0.25) is 9.59 Å². The molecule has 150 valence electrons. The molecule has 0 aliphatic heterocycles. The largest absolute Gasteiger partial charge is 0.481 e. The Balaban J connectivity index is 1.66. The fourth-order valence-electron chi connectivity index (χ4n) is 2.80. The van der Waals surface area contributed by atoms with Crippen LogP contribution >= 0.6 is 15.9 Å². The van der Waals surface area contributed by atoms with Crippen molar-refractivity contribution in [3.63, 3.8) is 0 Å². The molecule has 0 spiro atoms. The number of hydrogen-bond donors (Lipinski definition) is 2. The first-order valence-corrected chi connectivity index (χ1v) is 9.60. The zero-order valence-corrected chi connectivity index (χ0v) is 16.8. The maximum Gasteiger partial charge on any atom is 0.305 e. The van der Waals surface area contributed by atoms with Gasteiger partial charge in [0.2, 0.25) is 0 Å². The van der Waals surface area contributed by atoms with Crippen molar-refractivity contribution in [2.24, 2.45) is 0 Å². The first-order chi connectivity index (χ1) is 13.9. The highest BCUT2D eigenvalue weighted by atomic mass is 79.9. The second kappa shape index (κ2) is 9.42. The van der Waals surface area contributed by atoms with E-state index in [2.05, 4.69) is 31.6 Å². The fourth-order valence-corrected chi connectivity index (χ4v) is 3.06. The van der Waals surface area contributed by atoms with Crippen molar-refractivity contribution in [2.45, 2.75) is 25.4 Å². The number of carbonyl (C=O) groups excluding carboxylic acids is 1. The van der Waals surface area contributed by atoms with Gasteiger partial charge in [-0.05, 0) is 48.4 Å². The number of aliphatic carboxylic acids is 1. The smallest absolute Gasteiger partial charge is 0.305 e. The molecule has 7 nitrogen and oxygen atoms in total. The molecule has 1 amide bonds. The molecule has 0 aliphatic carbocycles. The Morgan fingerprint density at radius 3 is 2.48 bits per heavy atom. The van der Waals surface area contributed by atoms with E-state index in [1.807, 2.05) is 24.3 Å². The third-order valence-corrected chi connectivity index (χ3v) is 4.79. The van der Waals surface area contributed by atoms with E-state index in [4.69, 9.17) is 0 Å². The van der Waals surface area contributed by atoms with E-state index in [1.54, 1.807) is 6.20 Å². The normalized spacial score (nSPS) is 11.8. The first-order valence-electron chi connectivity index (χ1n) is 8.81.